The number of benzene rings is 2. The van der Waals surface area contributed by atoms with E-state index < -0.39 is 0 Å². The number of imidazole rings is 1. The Morgan fingerprint density at radius 1 is 1.04 bits per heavy atom. The molecule has 0 aliphatic rings. The van der Waals surface area contributed by atoms with E-state index in [1.54, 1.807) is 12.4 Å². The van der Waals surface area contributed by atoms with Gasteiger partial charge in [0, 0.05) is 18.0 Å². The molecule has 27 heavy (non-hydrogen) atoms. The Kier molecular flexibility index (Phi) is 4.94. The largest absolute Gasteiger partial charge is 0.489 e. The number of halogens is 1. The molecule has 0 bridgehead atoms. The molecule has 2 aromatic carbocycles. The highest BCUT2D eigenvalue weighted by Crippen LogP contribution is 2.33. The molecule has 6 heteroatoms. The fourth-order valence-electron chi connectivity index (χ4n) is 2.88. The molecule has 0 aliphatic carbocycles. The van der Waals surface area contributed by atoms with Crippen molar-refractivity contribution < 1.29 is 9.47 Å². The van der Waals surface area contributed by atoms with Crippen molar-refractivity contribution >= 4 is 17.1 Å². The van der Waals surface area contributed by atoms with Crippen LogP contribution < -0.4 is 9.47 Å². The zero-order valence-electron chi connectivity index (χ0n) is 14.8. The van der Waals surface area contributed by atoms with Gasteiger partial charge in [-0.25, -0.2) is 4.98 Å². The van der Waals surface area contributed by atoms with Crippen LogP contribution in [0.25, 0.3) is 16.8 Å². The first-order valence-electron chi connectivity index (χ1n) is 8.69. The molecule has 0 fully saturated rings. The highest BCUT2D eigenvalue weighted by molar-refractivity contribution is 6.33. The minimum atomic E-state index is 0.376. The molecular formula is C21H18ClN3O2. The molecule has 4 rings (SSSR count). The molecule has 0 N–H and O–H groups in total. The van der Waals surface area contributed by atoms with Gasteiger partial charge in [-0.1, -0.05) is 54.1 Å². The van der Waals surface area contributed by atoms with Crippen LogP contribution in [0.5, 0.6) is 11.8 Å². The van der Waals surface area contributed by atoms with Gasteiger partial charge in [0.25, 0.3) is 0 Å². The van der Waals surface area contributed by atoms with Crippen LogP contribution in [0.4, 0.5) is 0 Å². The third-order valence-corrected chi connectivity index (χ3v) is 4.38. The lowest BCUT2D eigenvalue weighted by Crippen LogP contribution is -1.97. The Morgan fingerprint density at radius 3 is 2.70 bits per heavy atom. The number of rotatable bonds is 6. The van der Waals surface area contributed by atoms with Gasteiger partial charge >= 0.3 is 6.01 Å². The molecule has 0 atom stereocenters. The lowest BCUT2D eigenvalue weighted by Gasteiger charge is -2.08. The van der Waals surface area contributed by atoms with Crippen molar-refractivity contribution in [1.29, 1.82) is 0 Å². The highest BCUT2D eigenvalue weighted by Gasteiger charge is 2.17. The summed E-state index contributed by atoms with van der Waals surface area (Å²) >= 11 is 6.35. The summed E-state index contributed by atoms with van der Waals surface area (Å²) in [6.45, 7) is 2.93. The summed E-state index contributed by atoms with van der Waals surface area (Å²) in [7, 11) is 0. The SMILES string of the molecule is CCOc1nc(-c2cccc(OCc3ccccc3)c2)c2c(Cl)nccn12. The summed E-state index contributed by atoms with van der Waals surface area (Å²) in [6, 6.07) is 18.3. The summed E-state index contributed by atoms with van der Waals surface area (Å²) < 4.78 is 13.4. The molecule has 0 aliphatic heterocycles. The van der Waals surface area contributed by atoms with Crippen molar-refractivity contribution in [3.8, 4) is 23.0 Å². The topological polar surface area (TPSA) is 48.7 Å². The van der Waals surface area contributed by atoms with Crippen molar-refractivity contribution in [2.75, 3.05) is 6.61 Å². The second-order valence-corrected chi connectivity index (χ2v) is 6.27. The van der Waals surface area contributed by atoms with Gasteiger partial charge < -0.3 is 9.47 Å². The number of nitrogens with zero attached hydrogens (tertiary/aromatic N) is 3. The van der Waals surface area contributed by atoms with E-state index in [0.29, 0.717) is 35.6 Å². The van der Waals surface area contributed by atoms with Crippen LogP contribution in [0.3, 0.4) is 0 Å². The number of hydrogen-bond donors (Lipinski definition) is 0. The minimum Gasteiger partial charge on any atom is -0.489 e. The second kappa shape index (κ2) is 7.68. The zero-order chi connectivity index (χ0) is 18.6. The average molecular weight is 380 g/mol. The van der Waals surface area contributed by atoms with Crippen LogP contribution in [-0.4, -0.2) is 21.0 Å². The van der Waals surface area contributed by atoms with E-state index in [-0.39, 0.29) is 0 Å². The van der Waals surface area contributed by atoms with Gasteiger partial charge in [-0.15, -0.1) is 0 Å². The van der Waals surface area contributed by atoms with Crippen molar-refractivity contribution in [2.45, 2.75) is 13.5 Å². The molecule has 5 nitrogen and oxygen atoms in total. The predicted molar refractivity (Wildman–Crippen MR) is 105 cm³/mol. The Morgan fingerprint density at radius 2 is 1.89 bits per heavy atom. The summed E-state index contributed by atoms with van der Waals surface area (Å²) in [5, 5.41) is 0.376. The van der Waals surface area contributed by atoms with Crippen LogP contribution in [0.1, 0.15) is 12.5 Å². The van der Waals surface area contributed by atoms with Gasteiger partial charge in [-0.2, -0.15) is 4.98 Å². The van der Waals surface area contributed by atoms with E-state index in [9.17, 15) is 0 Å². The zero-order valence-corrected chi connectivity index (χ0v) is 15.6. The fraction of sp³-hybridized carbons (Fsp3) is 0.143. The van der Waals surface area contributed by atoms with Gasteiger partial charge in [0.15, 0.2) is 5.15 Å². The first kappa shape index (κ1) is 17.4. The maximum absolute atomic E-state index is 6.35. The Hall–Kier alpha value is -3.05. The monoisotopic (exact) mass is 379 g/mol. The molecule has 2 aromatic heterocycles. The first-order chi connectivity index (χ1) is 13.3. The van der Waals surface area contributed by atoms with Gasteiger partial charge in [0.05, 0.1) is 6.61 Å². The van der Waals surface area contributed by atoms with E-state index in [0.717, 1.165) is 16.9 Å². The number of aromatic nitrogens is 3. The van der Waals surface area contributed by atoms with Gasteiger partial charge in [0.1, 0.15) is 23.6 Å². The van der Waals surface area contributed by atoms with Crippen molar-refractivity contribution in [3.05, 3.63) is 77.7 Å². The van der Waals surface area contributed by atoms with Gasteiger partial charge in [0.2, 0.25) is 0 Å². The standard InChI is InChI=1S/C21H18ClN3O2/c1-2-26-21-24-18(19-20(22)23-11-12-25(19)21)16-9-6-10-17(13-16)27-14-15-7-4-3-5-8-15/h3-13H,2,14H2,1H3. The average Bonchev–Trinajstić information content (AvgIpc) is 3.08. The third kappa shape index (κ3) is 3.59. The summed E-state index contributed by atoms with van der Waals surface area (Å²) in [4.78, 5) is 8.81. The molecule has 0 unspecified atom stereocenters. The Balaban J connectivity index is 1.69. The summed E-state index contributed by atoms with van der Waals surface area (Å²) in [5.41, 5.74) is 3.42. The minimum absolute atomic E-state index is 0.376. The molecule has 0 spiro atoms. The predicted octanol–water partition coefficient (Wildman–Crippen LogP) is 5.03. The quantitative estimate of drug-likeness (QED) is 0.471. The van der Waals surface area contributed by atoms with E-state index in [4.69, 9.17) is 21.1 Å². The Labute approximate surface area is 162 Å². The van der Waals surface area contributed by atoms with Crippen molar-refractivity contribution in [1.82, 2.24) is 14.4 Å². The van der Waals surface area contributed by atoms with E-state index in [1.165, 1.54) is 0 Å². The fourth-order valence-corrected chi connectivity index (χ4v) is 3.12. The molecule has 4 aromatic rings. The van der Waals surface area contributed by atoms with Crippen LogP contribution in [-0.2, 0) is 6.61 Å². The second-order valence-electron chi connectivity index (χ2n) is 5.91. The molecule has 2 heterocycles. The number of ether oxygens (including phenoxy) is 2. The van der Waals surface area contributed by atoms with Crippen molar-refractivity contribution in [2.24, 2.45) is 0 Å². The summed E-state index contributed by atoms with van der Waals surface area (Å²) in [5.74, 6) is 0.760. The molecule has 0 amide bonds. The lowest BCUT2D eigenvalue weighted by molar-refractivity contribution is 0.306. The molecule has 0 saturated heterocycles. The van der Waals surface area contributed by atoms with E-state index in [2.05, 4.69) is 9.97 Å². The maximum atomic E-state index is 6.35. The van der Waals surface area contributed by atoms with E-state index in [1.807, 2.05) is 65.9 Å². The molecular weight excluding hydrogens is 362 g/mol. The van der Waals surface area contributed by atoms with Crippen LogP contribution in [0.2, 0.25) is 5.15 Å². The number of fused-ring (bicyclic) bond motifs is 1. The van der Waals surface area contributed by atoms with Crippen LogP contribution in [0, 0.1) is 0 Å². The third-order valence-electron chi connectivity index (χ3n) is 4.11. The summed E-state index contributed by atoms with van der Waals surface area (Å²) in [6.07, 6.45) is 3.42. The molecule has 0 saturated carbocycles. The number of hydrogen-bond acceptors (Lipinski definition) is 4. The normalized spacial score (nSPS) is 10.9. The van der Waals surface area contributed by atoms with Gasteiger partial charge in [-0.3, -0.25) is 4.40 Å². The lowest BCUT2D eigenvalue weighted by atomic mass is 10.1. The van der Waals surface area contributed by atoms with Crippen molar-refractivity contribution in [3.63, 3.8) is 0 Å². The first-order valence-corrected chi connectivity index (χ1v) is 9.06. The smallest absolute Gasteiger partial charge is 0.301 e. The van der Waals surface area contributed by atoms with Crippen LogP contribution >= 0.6 is 11.6 Å². The maximum Gasteiger partial charge on any atom is 0.301 e. The van der Waals surface area contributed by atoms with E-state index >= 15 is 0 Å². The van der Waals surface area contributed by atoms with Gasteiger partial charge in [-0.05, 0) is 24.6 Å². The Bertz CT molecular complexity index is 1060. The molecule has 0 radical (unpaired) electrons. The molecule has 136 valence electrons. The highest BCUT2D eigenvalue weighted by atomic mass is 35.5. The van der Waals surface area contributed by atoms with Crippen LogP contribution in [0.15, 0.2) is 67.0 Å².